The van der Waals surface area contributed by atoms with E-state index >= 15 is 0 Å². The number of aromatic nitrogens is 3. The van der Waals surface area contributed by atoms with Crippen LogP contribution in [0.3, 0.4) is 0 Å². The number of amides is 1. The summed E-state index contributed by atoms with van der Waals surface area (Å²) in [5, 5.41) is 8.76. The molecule has 5 heteroatoms. The summed E-state index contributed by atoms with van der Waals surface area (Å²) in [5.74, 6) is 0.00806. The predicted octanol–water partition coefficient (Wildman–Crippen LogP) is 4.68. The third-order valence-electron chi connectivity index (χ3n) is 5.29. The molecule has 0 aliphatic rings. The van der Waals surface area contributed by atoms with Crippen molar-refractivity contribution in [3.63, 3.8) is 0 Å². The summed E-state index contributed by atoms with van der Waals surface area (Å²) < 4.78 is 4.23. The Morgan fingerprint density at radius 3 is 2.54 bits per heavy atom. The second-order valence-electron chi connectivity index (χ2n) is 7.15. The highest BCUT2D eigenvalue weighted by Gasteiger charge is 2.16. The molecule has 0 saturated heterocycles. The maximum Gasteiger partial charge on any atom is 0.226 e. The van der Waals surface area contributed by atoms with Gasteiger partial charge < -0.3 is 9.88 Å². The first-order valence-corrected chi connectivity index (χ1v) is 9.23. The van der Waals surface area contributed by atoms with Crippen molar-refractivity contribution in [2.24, 2.45) is 0 Å². The highest BCUT2D eigenvalue weighted by molar-refractivity contribution is 5.94. The van der Waals surface area contributed by atoms with E-state index in [9.17, 15) is 4.79 Å². The van der Waals surface area contributed by atoms with Gasteiger partial charge in [-0.3, -0.25) is 9.48 Å². The molecule has 0 radical (unpaired) electrons. The Morgan fingerprint density at radius 2 is 1.92 bits per heavy atom. The molecule has 0 aliphatic heterocycles. The van der Waals surface area contributed by atoms with Gasteiger partial charge in [-0.15, -0.1) is 0 Å². The van der Waals surface area contributed by atoms with Crippen LogP contribution in [-0.4, -0.2) is 20.3 Å². The standard InChI is InChI=1S/C21H28N4O/c1-7-24-13(2)10-18-12-19(8-9-20(18)24)22-21(26)11-14(3)25-17(6)15(4)16(5)23-25/h8-10,12,14H,7,11H2,1-6H3,(H,22,26). The summed E-state index contributed by atoms with van der Waals surface area (Å²) in [5.41, 5.74) is 6.62. The van der Waals surface area contributed by atoms with Gasteiger partial charge in [-0.05, 0) is 71.4 Å². The van der Waals surface area contributed by atoms with Crippen molar-refractivity contribution in [1.82, 2.24) is 14.3 Å². The number of anilines is 1. The fraction of sp³-hybridized carbons (Fsp3) is 0.429. The van der Waals surface area contributed by atoms with Crippen LogP contribution in [0.1, 0.15) is 49.0 Å². The molecular weight excluding hydrogens is 324 g/mol. The van der Waals surface area contributed by atoms with Crippen LogP contribution in [0.25, 0.3) is 10.9 Å². The van der Waals surface area contributed by atoms with E-state index in [4.69, 9.17) is 0 Å². The molecule has 0 fully saturated rings. The van der Waals surface area contributed by atoms with Crippen LogP contribution in [0.2, 0.25) is 0 Å². The molecule has 1 amide bonds. The Kier molecular flexibility index (Phi) is 4.90. The largest absolute Gasteiger partial charge is 0.345 e. The van der Waals surface area contributed by atoms with Crippen LogP contribution >= 0.6 is 0 Å². The summed E-state index contributed by atoms with van der Waals surface area (Å²) in [6, 6.07) is 8.29. The molecular formula is C21H28N4O. The lowest BCUT2D eigenvalue weighted by molar-refractivity contribution is -0.116. The molecule has 1 N–H and O–H groups in total. The van der Waals surface area contributed by atoms with E-state index in [1.54, 1.807) is 0 Å². The van der Waals surface area contributed by atoms with E-state index in [0.717, 1.165) is 29.0 Å². The van der Waals surface area contributed by atoms with E-state index < -0.39 is 0 Å². The van der Waals surface area contributed by atoms with Crippen LogP contribution < -0.4 is 5.32 Å². The number of benzene rings is 1. The first-order chi connectivity index (χ1) is 12.3. The molecule has 5 nitrogen and oxygen atoms in total. The topological polar surface area (TPSA) is 51.9 Å². The second-order valence-corrected chi connectivity index (χ2v) is 7.15. The van der Waals surface area contributed by atoms with Crippen LogP contribution in [-0.2, 0) is 11.3 Å². The lowest BCUT2D eigenvalue weighted by Crippen LogP contribution is -2.19. The van der Waals surface area contributed by atoms with Crippen molar-refractivity contribution in [3.8, 4) is 0 Å². The minimum absolute atomic E-state index is 0.00806. The van der Waals surface area contributed by atoms with E-state index in [1.807, 2.05) is 30.7 Å². The lowest BCUT2D eigenvalue weighted by atomic mass is 10.2. The van der Waals surface area contributed by atoms with Gasteiger partial charge in [-0.2, -0.15) is 5.10 Å². The van der Waals surface area contributed by atoms with E-state index in [2.05, 4.69) is 54.8 Å². The maximum absolute atomic E-state index is 12.5. The van der Waals surface area contributed by atoms with Crippen molar-refractivity contribution in [3.05, 3.63) is 46.9 Å². The Labute approximate surface area is 155 Å². The predicted molar refractivity (Wildman–Crippen MR) is 107 cm³/mol. The SMILES string of the molecule is CCn1c(C)cc2cc(NC(=O)CC(C)n3nc(C)c(C)c3C)ccc21. The molecule has 1 atom stereocenters. The number of fused-ring (bicyclic) bond motifs is 1. The normalized spacial score (nSPS) is 12.5. The number of hydrogen-bond donors (Lipinski definition) is 1. The van der Waals surface area contributed by atoms with Crippen LogP contribution in [0.4, 0.5) is 5.69 Å². The van der Waals surface area contributed by atoms with Gasteiger partial charge in [0, 0.05) is 40.9 Å². The first kappa shape index (κ1) is 18.2. The smallest absolute Gasteiger partial charge is 0.226 e. The molecule has 2 heterocycles. The summed E-state index contributed by atoms with van der Waals surface area (Å²) in [6.07, 6.45) is 0.397. The number of carbonyl (C=O) groups excluding carboxylic acids is 1. The summed E-state index contributed by atoms with van der Waals surface area (Å²) in [4.78, 5) is 12.5. The Hall–Kier alpha value is -2.56. The highest BCUT2D eigenvalue weighted by atomic mass is 16.1. The van der Waals surface area contributed by atoms with Crippen molar-refractivity contribution in [2.45, 2.75) is 60.5 Å². The Bertz CT molecular complexity index is 964. The molecule has 0 spiro atoms. The fourth-order valence-electron chi connectivity index (χ4n) is 3.65. The van der Waals surface area contributed by atoms with Crippen LogP contribution in [0.15, 0.2) is 24.3 Å². The zero-order chi connectivity index (χ0) is 19.0. The number of carbonyl (C=O) groups is 1. The van der Waals surface area contributed by atoms with Crippen molar-refractivity contribution < 1.29 is 4.79 Å². The van der Waals surface area contributed by atoms with Gasteiger partial charge in [0.1, 0.15) is 0 Å². The van der Waals surface area contributed by atoms with Gasteiger partial charge in [0.2, 0.25) is 5.91 Å². The first-order valence-electron chi connectivity index (χ1n) is 9.23. The maximum atomic E-state index is 12.5. The molecule has 1 aromatic carbocycles. The van der Waals surface area contributed by atoms with Gasteiger partial charge >= 0.3 is 0 Å². The molecule has 3 aromatic rings. The van der Waals surface area contributed by atoms with E-state index in [1.165, 1.54) is 16.8 Å². The number of hydrogen-bond acceptors (Lipinski definition) is 2. The number of nitrogens with one attached hydrogen (secondary N) is 1. The van der Waals surface area contributed by atoms with Crippen molar-refractivity contribution in [1.29, 1.82) is 0 Å². The monoisotopic (exact) mass is 352 g/mol. The molecule has 0 bridgehead atoms. The minimum atomic E-state index is 0.00806. The fourth-order valence-corrected chi connectivity index (χ4v) is 3.65. The van der Waals surface area contributed by atoms with Gasteiger partial charge in [0.25, 0.3) is 0 Å². The Morgan fingerprint density at radius 1 is 1.19 bits per heavy atom. The molecule has 138 valence electrons. The minimum Gasteiger partial charge on any atom is -0.345 e. The van der Waals surface area contributed by atoms with E-state index in [0.29, 0.717) is 6.42 Å². The van der Waals surface area contributed by atoms with E-state index in [-0.39, 0.29) is 11.9 Å². The Balaban J connectivity index is 1.73. The average molecular weight is 352 g/mol. The van der Waals surface area contributed by atoms with Gasteiger partial charge in [0.15, 0.2) is 0 Å². The second kappa shape index (κ2) is 6.98. The highest BCUT2D eigenvalue weighted by Crippen LogP contribution is 2.24. The van der Waals surface area contributed by atoms with Gasteiger partial charge in [0.05, 0.1) is 11.7 Å². The lowest BCUT2D eigenvalue weighted by Gasteiger charge is -2.14. The molecule has 1 unspecified atom stereocenters. The molecule has 0 aliphatic carbocycles. The van der Waals surface area contributed by atoms with Crippen LogP contribution in [0, 0.1) is 27.7 Å². The summed E-state index contributed by atoms with van der Waals surface area (Å²) in [6.45, 7) is 13.4. The number of nitrogens with zero attached hydrogens (tertiary/aromatic N) is 3. The molecule has 3 rings (SSSR count). The zero-order valence-corrected chi connectivity index (χ0v) is 16.6. The zero-order valence-electron chi connectivity index (χ0n) is 16.6. The summed E-state index contributed by atoms with van der Waals surface area (Å²) in [7, 11) is 0. The summed E-state index contributed by atoms with van der Waals surface area (Å²) >= 11 is 0. The van der Waals surface area contributed by atoms with Crippen LogP contribution in [0.5, 0.6) is 0 Å². The quantitative estimate of drug-likeness (QED) is 0.725. The third kappa shape index (κ3) is 3.26. The molecule has 0 saturated carbocycles. The number of aryl methyl sites for hydroxylation is 3. The third-order valence-corrected chi connectivity index (χ3v) is 5.29. The van der Waals surface area contributed by atoms with Gasteiger partial charge in [-0.25, -0.2) is 0 Å². The number of rotatable bonds is 5. The molecule has 26 heavy (non-hydrogen) atoms. The van der Waals surface area contributed by atoms with Crippen molar-refractivity contribution in [2.75, 3.05) is 5.32 Å². The molecule has 2 aromatic heterocycles. The van der Waals surface area contributed by atoms with Gasteiger partial charge in [-0.1, -0.05) is 0 Å². The average Bonchev–Trinajstić information content (AvgIpc) is 3.04. The van der Waals surface area contributed by atoms with Crippen molar-refractivity contribution >= 4 is 22.5 Å².